The minimum atomic E-state index is -0.302. The number of fused-ring (bicyclic) bond motifs is 1. The summed E-state index contributed by atoms with van der Waals surface area (Å²) in [7, 11) is 7.58. The van der Waals surface area contributed by atoms with Crippen molar-refractivity contribution in [2.75, 3.05) is 92.2 Å². The first kappa shape index (κ1) is 40.4. The SMILES string of the molecule is CCOCCn1c(N2CCCN(CCC3(c4ccc(Cl)c(Cl)c4)CCN(C(=O)c4cc(-n5cnnn5)ccc4OC)C3)CC2)nc2ccccc21.CN(C)C. The number of hydrogen-bond acceptors (Lipinski definition) is 10. The number of amides is 1. The molecule has 0 spiro atoms. The van der Waals surface area contributed by atoms with Crippen LogP contribution in [0.25, 0.3) is 16.7 Å². The minimum Gasteiger partial charge on any atom is -0.496 e. The summed E-state index contributed by atoms with van der Waals surface area (Å²) in [5, 5.41) is 12.5. The van der Waals surface area contributed by atoms with Crippen molar-refractivity contribution in [3.8, 4) is 11.4 Å². The van der Waals surface area contributed by atoms with Gasteiger partial charge in [-0.25, -0.2) is 9.67 Å². The quantitative estimate of drug-likeness (QED) is 0.141. The van der Waals surface area contributed by atoms with Crippen LogP contribution in [-0.2, 0) is 16.7 Å². The number of rotatable bonds is 12. The number of carbonyl (C=O) groups excluding carboxylic acids is 1. The number of anilines is 1. The molecule has 0 aliphatic carbocycles. The lowest BCUT2D eigenvalue weighted by Gasteiger charge is -2.33. The summed E-state index contributed by atoms with van der Waals surface area (Å²) in [6, 6.07) is 19.6. The van der Waals surface area contributed by atoms with Crippen molar-refractivity contribution in [3.05, 3.63) is 88.2 Å². The molecule has 0 saturated carbocycles. The summed E-state index contributed by atoms with van der Waals surface area (Å²) in [6.45, 7) is 9.87. The predicted molar refractivity (Wildman–Crippen MR) is 218 cm³/mol. The van der Waals surface area contributed by atoms with Crippen LogP contribution in [0.5, 0.6) is 5.75 Å². The van der Waals surface area contributed by atoms with Gasteiger partial charge in [-0.2, -0.15) is 0 Å². The first-order valence-electron chi connectivity index (χ1n) is 18.9. The van der Waals surface area contributed by atoms with E-state index in [0.717, 1.165) is 81.1 Å². The molecular formula is C40H52Cl2N10O3. The van der Waals surface area contributed by atoms with Crippen LogP contribution in [-0.4, -0.2) is 138 Å². The van der Waals surface area contributed by atoms with Gasteiger partial charge in [-0.05, 0) is 119 Å². The molecule has 4 heterocycles. The number of nitrogens with zero attached hydrogens (tertiary/aromatic N) is 10. The maximum absolute atomic E-state index is 14.2. The van der Waals surface area contributed by atoms with Gasteiger partial charge in [0.25, 0.3) is 5.91 Å². The van der Waals surface area contributed by atoms with Gasteiger partial charge in [0, 0.05) is 51.3 Å². The van der Waals surface area contributed by atoms with E-state index < -0.39 is 0 Å². The number of hydrogen-bond donors (Lipinski definition) is 0. The van der Waals surface area contributed by atoms with E-state index in [9.17, 15) is 4.79 Å². The van der Waals surface area contributed by atoms with Crippen molar-refractivity contribution in [1.29, 1.82) is 0 Å². The van der Waals surface area contributed by atoms with Crippen LogP contribution in [0, 0.1) is 0 Å². The number of ether oxygens (including phenoxy) is 2. The Hall–Kier alpha value is -4.27. The summed E-state index contributed by atoms with van der Waals surface area (Å²) in [5.74, 6) is 1.42. The lowest BCUT2D eigenvalue weighted by Crippen LogP contribution is -2.39. The zero-order chi connectivity index (χ0) is 39.0. The Morgan fingerprint density at radius 1 is 0.945 bits per heavy atom. The normalized spacial score (nSPS) is 17.7. The van der Waals surface area contributed by atoms with E-state index in [1.165, 1.54) is 11.0 Å². The van der Waals surface area contributed by atoms with E-state index in [1.54, 1.807) is 19.2 Å². The fourth-order valence-corrected chi connectivity index (χ4v) is 7.80. The van der Waals surface area contributed by atoms with E-state index in [4.69, 9.17) is 37.7 Å². The minimum absolute atomic E-state index is 0.0960. The first-order valence-corrected chi connectivity index (χ1v) is 19.7. The van der Waals surface area contributed by atoms with Gasteiger partial charge in [-0.3, -0.25) is 4.79 Å². The molecule has 1 atom stereocenters. The number of imidazole rings is 1. The van der Waals surface area contributed by atoms with E-state index in [1.807, 2.05) is 62.1 Å². The van der Waals surface area contributed by atoms with Crippen LogP contribution in [0.3, 0.4) is 0 Å². The zero-order valence-corrected chi connectivity index (χ0v) is 34.0. The fraction of sp³-hybridized carbons (Fsp3) is 0.475. The highest BCUT2D eigenvalue weighted by atomic mass is 35.5. The maximum Gasteiger partial charge on any atom is 0.257 e. The van der Waals surface area contributed by atoms with Gasteiger partial charge in [0.2, 0.25) is 5.95 Å². The van der Waals surface area contributed by atoms with Crippen LogP contribution in [0.1, 0.15) is 42.1 Å². The van der Waals surface area contributed by atoms with Crippen LogP contribution in [0.4, 0.5) is 5.95 Å². The van der Waals surface area contributed by atoms with Crippen molar-refractivity contribution < 1.29 is 14.3 Å². The van der Waals surface area contributed by atoms with Gasteiger partial charge in [-0.1, -0.05) is 41.4 Å². The zero-order valence-electron chi connectivity index (χ0n) is 32.5. The van der Waals surface area contributed by atoms with Crippen molar-refractivity contribution in [3.63, 3.8) is 0 Å². The van der Waals surface area contributed by atoms with E-state index in [0.29, 0.717) is 53.3 Å². The van der Waals surface area contributed by atoms with Crippen molar-refractivity contribution >= 4 is 46.1 Å². The predicted octanol–water partition coefficient (Wildman–Crippen LogP) is 5.93. The van der Waals surface area contributed by atoms with Gasteiger partial charge in [0.1, 0.15) is 12.1 Å². The monoisotopic (exact) mass is 790 g/mol. The lowest BCUT2D eigenvalue weighted by atomic mass is 9.76. The first-order chi connectivity index (χ1) is 26.6. The molecule has 1 amide bonds. The van der Waals surface area contributed by atoms with Gasteiger partial charge in [0.15, 0.2) is 0 Å². The molecule has 1 unspecified atom stereocenters. The highest BCUT2D eigenvalue weighted by Gasteiger charge is 2.42. The summed E-state index contributed by atoms with van der Waals surface area (Å²) in [5.41, 5.74) is 4.09. The van der Waals surface area contributed by atoms with E-state index in [-0.39, 0.29) is 11.3 Å². The Balaban J connectivity index is 0.00000123. The third-order valence-corrected chi connectivity index (χ3v) is 11.0. The molecule has 2 saturated heterocycles. The van der Waals surface area contributed by atoms with Crippen molar-refractivity contribution in [1.82, 2.24) is 44.5 Å². The summed E-state index contributed by atoms with van der Waals surface area (Å²) in [4.78, 5) is 28.2. The summed E-state index contributed by atoms with van der Waals surface area (Å²) >= 11 is 13.0. The van der Waals surface area contributed by atoms with E-state index in [2.05, 4.69) is 54.2 Å². The Morgan fingerprint density at radius 2 is 1.76 bits per heavy atom. The molecule has 5 aromatic rings. The Kier molecular flexibility index (Phi) is 13.6. The van der Waals surface area contributed by atoms with Gasteiger partial charge < -0.3 is 33.6 Å². The lowest BCUT2D eigenvalue weighted by molar-refractivity contribution is 0.0777. The topological polar surface area (TPSA) is 110 Å². The molecule has 2 aliphatic heterocycles. The van der Waals surface area contributed by atoms with Gasteiger partial charge >= 0.3 is 0 Å². The smallest absolute Gasteiger partial charge is 0.257 e. The average molecular weight is 792 g/mol. The molecule has 2 fully saturated rings. The standard InChI is InChI=1S/C37H43Cl2N9O3.C3H9N/c1-3-51-22-21-47-33-8-5-4-7-32(33)41-36(47)45-16-6-15-44(19-20-45)17-13-37(27-9-11-30(38)31(39)23-27)14-18-46(25-37)35(49)29-24-28(10-12-34(29)50-2)48-26-40-42-43-48;1-4(2)3/h4-5,7-12,23-24,26H,3,6,13-22,25H2,1-2H3;1-3H3. The molecule has 0 radical (unpaired) electrons. The largest absolute Gasteiger partial charge is 0.496 e. The highest BCUT2D eigenvalue weighted by Crippen LogP contribution is 2.41. The number of para-hydroxylation sites is 2. The second kappa shape index (κ2) is 18.6. The Labute approximate surface area is 333 Å². The molecule has 2 aliphatic rings. The highest BCUT2D eigenvalue weighted by molar-refractivity contribution is 6.42. The number of halogens is 2. The number of methoxy groups -OCH3 is 1. The second-order valence-electron chi connectivity index (χ2n) is 14.5. The van der Waals surface area contributed by atoms with Crippen molar-refractivity contribution in [2.45, 2.75) is 38.1 Å². The van der Waals surface area contributed by atoms with Gasteiger partial charge in [0.05, 0.1) is 46.0 Å². The Bertz CT molecular complexity index is 2020. The third kappa shape index (κ3) is 9.58. The number of benzene rings is 3. The number of aromatic nitrogens is 6. The average Bonchev–Trinajstić information content (AvgIpc) is 3.92. The fourth-order valence-electron chi connectivity index (χ4n) is 7.50. The molecule has 13 nitrogen and oxygen atoms in total. The molecule has 7 rings (SSSR count). The van der Waals surface area contributed by atoms with Crippen molar-refractivity contribution in [2.24, 2.45) is 0 Å². The molecule has 294 valence electrons. The van der Waals surface area contributed by atoms with E-state index >= 15 is 0 Å². The third-order valence-electron chi connectivity index (χ3n) is 10.3. The molecule has 2 aromatic heterocycles. The van der Waals surface area contributed by atoms with Crippen LogP contribution >= 0.6 is 23.2 Å². The van der Waals surface area contributed by atoms with Crippen LogP contribution < -0.4 is 9.64 Å². The molecule has 55 heavy (non-hydrogen) atoms. The molecule has 15 heteroatoms. The summed E-state index contributed by atoms with van der Waals surface area (Å²) in [6.07, 6.45) is 4.19. The molecule has 0 bridgehead atoms. The second-order valence-corrected chi connectivity index (χ2v) is 15.4. The number of carbonyl (C=O) groups is 1. The van der Waals surface area contributed by atoms with Crippen LogP contribution in [0.15, 0.2) is 67.0 Å². The number of tetrazole rings is 1. The summed E-state index contributed by atoms with van der Waals surface area (Å²) < 4.78 is 15.2. The number of likely N-dealkylation sites (tertiary alicyclic amines) is 1. The molecule has 0 N–H and O–H groups in total. The van der Waals surface area contributed by atoms with Gasteiger partial charge in [-0.15, -0.1) is 5.10 Å². The van der Waals surface area contributed by atoms with Crippen LogP contribution in [0.2, 0.25) is 10.0 Å². The Morgan fingerprint density at radius 3 is 2.51 bits per heavy atom. The molecular weight excluding hydrogens is 739 g/mol. The maximum atomic E-state index is 14.2. The molecule has 3 aromatic carbocycles.